The molecule has 0 aliphatic carbocycles. The lowest BCUT2D eigenvalue weighted by Gasteiger charge is -2.13. The lowest BCUT2D eigenvalue weighted by Crippen LogP contribution is -2.22. The van der Waals surface area contributed by atoms with E-state index in [4.69, 9.17) is 4.74 Å². The van der Waals surface area contributed by atoms with Gasteiger partial charge in [-0.3, -0.25) is 0 Å². The summed E-state index contributed by atoms with van der Waals surface area (Å²) in [6.07, 6.45) is 1.03. The van der Waals surface area contributed by atoms with E-state index in [1.807, 2.05) is 6.07 Å². The molecule has 0 saturated carbocycles. The number of hydrogen-bond donors (Lipinski definition) is 2. The Balaban J connectivity index is 2.21. The number of aromatic amines is 1. The largest absolute Gasteiger partial charge is 0.496 e. The molecule has 0 bridgehead atoms. The average molecular weight is 263 g/mol. The zero-order valence-electron chi connectivity index (χ0n) is 10.7. The molecule has 4 nitrogen and oxygen atoms in total. The normalized spacial score (nSPS) is 14.8. The fraction of sp³-hybridized carbons (Fsp3) is 0.462. The number of hydrogen-bond acceptors (Lipinski definition) is 4. The van der Waals surface area contributed by atoms with Gasteiger partial charge in [0.15, 0.2) is 0 Å². The van der Waals surface area contributed by atoms with Crippen molar-refractivity contribution in [2.75, 3.05) is 19.4 Å². The van der Waals surface area contributed by atoms with Crippen LogP contribution in [0.2, 0.25) is 0 Å². The third-order valence-corrected chi connectivity index (χ3v) is 4.05. The van der Waals surface area contributed by atoms with E-state index in [-0.39, 0.29) is 0 Å². The maximum absolute atomic E-state index is 5.54. The number of rotatable bonds is 3. The summed E-state index contributed by atoms with van der Waals surface area (Å²) in [5.74, 6) is 1.95. The van der Waals surface area contributed by atoms with Crippen molar-refractivity contribution in [3.8, 4) is 5.75 Å². The van der Waals surface area contributed by atoms with Crippen LogP contribution in [0.25, 0.3) is 11.0 Å². The zero-order chi connectivity index (χ0) is 12.5. The fourth-order valence-electron chi connectivity index (χ4n) is 2.47. The molecule has 0 spiro atoms. The second-order valence-electron chi connectivity index (χ2n) is 4.33. The smallest absolute Gasteiger partial charge is 0.142 e. The summed E-state index contributed by atoms with van der Waals surface area (Å²) in [6.45, 7) is 4.05. The van der Waals surface area contributed by atoms with Gasteiger partial charge in [0.1, 0.15) is 16.4 Å². The molecule has 3 rings (SSSR count). The van der Waals surface area contributed by atoms with E-state index < -0.39 is 0 Å². The molecule has 5 heteroatoms. The molecule has 18 heavy (non-hydrogen) atoms. The zero-order valence-corrected chi connectivity index (χ0v) is 11.5. The number of fused-ring (bicyclic) bond motifs is 3. The highest BCUT2D eigenvalue weighted by molar-refractivity contribution is 7.99. The van der Waals surface area contributed by atoms with Gasteiger partial charge in [-0.2, -0.15) is 0 Å². The van der Waals surface area contributed by atoms with Crippen molar-refractivity contribution in [3.63, 3.8) is 0 Å². The average Bonchev–Trinajstić information content (AvgIpc) is 2.76. The third-order valence-electron chi connectivity index (χ3n) is 3.26. The monoisotopic (exact) mass is 263 g/mol. The van der Waals surface area contributed by atoms with Gasteiger partial charge < -0.3 is 15.0 Å². The number of H-pyrrole nitrogens is 1. The number of nitrogens with zero attached hydrogens (tertiary/aromatic N) is 1. The number of nitrogens with one attached hydrogen (secondary N) is 2. The molecule has 96 valence electrons. The molecule has 1 aliphatic heterocycles. The first-order chi connectivity index (χ1) is 8.83. The molecule has 2 N–H and O–H groups in total. The minimum Gasteiger partial charge on any atom is -0.496 e. The molecule has 0 aromatic carbocycles. The minimum absolute atomic E-state index is 0.896. The van der Waals surface area contributed by atoms with E-state index in [0.717, 1.165) is 47.1 Å². The first kappa shape index (κ1) is 11.9. The third kappa shape index (κ3) is 1.87. The number of methoxy groups -OCH3 is 1. The minimum atomic E-state index is 0.896. The highest BCUT2D eigenvalue weighted by Crippen LogP contribution is 2.34. The SMILES string of the molecule is CCSc1cc(OC)c2c3c([nH]c2n1)CCNC3. The van der Waals surface area contributed by atoms with Crippen LogP contribution < -0.4 is 10.1 Å². The predicted molar refractivity (Wildman–Crippen MR) is 74.5 cm³/mol. The summed E-state index contributed by atoms with van der Waals surface area (Å²) >= 11 is 1.74. The molecular formula is C13H17N3OS. The van der Waals surface area contributed by atoms with Crippen molar-refractivity contribution in [2.45, 2.75) is 24.9 Å². The van der Waals surface area contributed by atoms with Crippen LogP contribution in [0.5, 0.6) is 5.75 Å². The summed E-state index contributed by atoms with van der Waals surface area (Å²) in [7, 11) is 1.73. The first-order valence-electron chi connectivity index (χ1n) is 6.25. The quantitative estimate of drug-likeness (QED) is 0.835. The molecule has 0 unspecified atom stereocenters. The second-order valence-corrected chi connectivity index (χ2v) is 5.61. The van der Waals surface area contributed by atoms with Gasteiger partial charge in [0.25, 0.3) is 0 Å². The Morgan fingerprint density at radius 3 is 3.17 bits per heavy atom. The summed E-state index contributed by atoms with van der Waals surface area (Å²) in [5.41, 5.74) is 3.57. The van der Waals surface area contributed by atoms with Gasteiger partial charge in [-0.05, 0) is 11.3 Å². The van der Waals surface area contributed by atoms with Crippen LogP contribution in [0.1, 0.15) is 18.2 Å². The molecule has 0 radical (unpaired) electrons. The number of thioether (sulfide) groups is 1. The molecule has 0 saturated heterocycles. The topological polar surface area (TPSA) is 49.9 Å². The maximum atomic E-state index is 5.54. The summed E-state index contributed by atoms with van der Waals surface area (Å²) in [6, 6.07) is 2.04. The number of ether oxygens (including phenoxy) is 1. The molecule has 0 fully saturated rings. The Morgan fingerprint density at radius 1 is 1.50 bits per heavy atom. The van der Waals surface area contributed by atoms with Crippen LogP contribution >= 0.6 is 11.8 Å². The van der Waals surface area contributed by atoms with Crippen molar-refractivity contribution in [2.24, 2.45) is 0 Å². The van der Waals surface area contributed by atoms with E-state index in [2.05, 4.69) is 22.2 Å². The molecule has 0 amide bonds. The Morgan fingerprint density at radius 2 is 2.39 bits per heavy atom. The maximum Gasteiger partial charge on any atom is 0.142 e. The van der Waals surface area contributed by atoms with Gasteiger partial charge in [-0.1, -0.05) is 6.92 Å². The van der Waals surface area contributed by atoms with Crippen LogP contribution in [0.15, 0.2) is 11.1 Å². The van der Waals surface area contributed by atoms with E-state index in [0.29, 0.717) is 0 Å². The van der Waals surface area contributed by atoms with Crippen molar-refractivity contribution in [3.05, 3.63) is 17.3 Å². The van der Waals surface area contributed by atoms with Crippen molar-refractivity contribution >= 4 is 22.8 Å². The van der Waals surface area contributed by atoms with Gasteiger partial charge in [-0.15, -0.1) is 11.8 Å². The summed E-state index contributed by atoms with van der Waals surface area (Å²) in [5, 5.41) is 5.56. The van der Waals surface area contributed by atoms with E-state index in [1.54, 1.807) is 18.9 Å². The molecule has 2 aromatic rings. The first-order valence-corrected chi connectivity index (χ1v) is 7.24. The van der Waals surface area contributed by atoms with E-state index in [9.17, 15) is 0 Å². The second kappa shape index (κ2) is 4.82. The van der Waals surface area contributed by atoms with E-state index in [1.165, 1.54) is 11.3 Å². The van der Waals surface area contributed by atoms with Gasteiger partial charge in [-0.25, -0.2) is 4.98 Å². The molecule has 0 atom stereocenters. The van der Waals surface area contributed by atoms with Crippen molar-refractivity contribution in [1.29, 1.82) is 0 Å². The lowest BCUT2D eigenvalue weighted by atomic mass is 10.1. The van der Waals surface area contributed by atoms with Crippen molar-refractivity contribution < 1.29 is 4.74 Å². The standard InChI is InChI=1S/C13H17N3OS/c1-3-18-11-6-10(17-2)12-8-7-14-5-4-9(8)15-13(12)16-11/h6,14H,3-5,7H2,1-2H3,(H,15,16). The van der Waals surface area contributed by atoms with Gasteiger partial charge in [0.2, 0.25) is 0 Å². The van der Waals surface area contributed by atoms with Crippen LogP contribution in [-0.4, -0.2) is 29.4 Å². The number of pyridine rings is 1. The molecule has 3 heterocycles. The Labute approximate surface area is 111 Å². The van der Waals surface area contributed by atoms with Crippen LogP contribution in [0.3, 0.4) is 0 Å². The Kier molecular flexibility index (Phi) is 3.18. The Bertz CT molecular complexity index is 579. The van der Waals surface area contributed by atoms with Crippen LogP contribution in [0, 0.1) is 0 Å². The van der Waals surface area contributed by atoms with Gasteiger partial charge in [0.05, 0.1) is 12.5 Å². The molecule has 2 aromatic heterocycles. The van der Waals surface area contributed by atoms with Gasteiger partial charge >= 0.3 is 0 Å². The highest BCUT2D eigenvalue weighted by Gasteiger charge is 2.19. The van der Waals surface area contributed by atoms with Gasteiger partial charge in [0, 0.05) is 31.3 Å². The predicted octanol–water partition coefficient (Wildman–Crippen LogP) is 2.33. The fourth-order valence-corrected chi connectivity index (χ4v) is 3.11. The van der Waals surface area contributed by atoms with Crippen LogP contribution in [-0.2, 0) is 13.0 Å². The lowest BCUT2D eigenvalue weighted by molar-refractivity contribution is 0.417. The van der Waals surface area contributed by atoms with Crippen molar-refractivity contribution in [1.82, 2.24) is 15.3 Å². The summed E-state index contributed by atoms with van der Waals surface area (Å²) < 4.78 is 5.54. The number of aromatic nitrogens is 2. The van der Waals surface area contributed by atoms with Crippen LogP contribution in [0.4, 0.5) is 0 Å². The molecule has 1 aliphatic rings. The highest BCUT2D eigenvalue weighted by atomic mass is 32.2. The van der Waals surface area contributed by atoms with E-state index >= 15 is 0 Å². The molecular weight excluding hydrogens is 246 g/mol. The Hall–Kier alpha value is -1.20. The summed E-state index contributed by atoms with van der Waals surface area (Å²) in [4.78, 5) is 8.12.